The van der Waals surface area contributed by atoms with Gasteiger partial charge < -0.3 is 9.30 Å². The van der Waals surface area contributed by atoms with Gasteiger partial charge in [-0.2, -0.15) is 0 Å². The number of imidazole rings is 1. The Bertz CT molecular complexity index is 570. The number of nitrogens with one attached hydrogen (secondary N) is 1. The second-order valence-electron chi connectivity index (χ2n) is 4.61. The van der Waals surface area contributed by atoms with Gasteiger partial charge >= 0.3 is 0 Å². The Morgan fingerprint density at radius 1 is 1.50 bits per heavy atom. The molecule has 6 heteroatoms. The van der Waals surface area contributed by atoms with E-state index in [-0.39, 0.29) is 17.6 Å². The van der Waals surface area contributed by atoms with Crippen LogP contribution < -0.4 is 16.0 Å². The predicted molar refractivity (Wildman–Crippen MR) is 74.5 cm³/mol. The number of methoxy groups -OCH3 is 1. The first-order chi connectivity index (χ1) is 9.65. The zero-order chi connectivity index (χ0) is 14.5. The maximum atomic E-state index is 13.7. The van der Waals surface area contributed by atoms with Crippen LogP contribution in [0.3, 0.4) is 0 Å². The largest absolute Gasteiger partial charge is 0.494 e. The van der Waals surface area contributed by atoms with Gasteiger partial charge in [0.25, 0.3) is 0 Å². The topological polar surface area (TPSA) is 65.1 Å². The number of aryl methyl sites for hydroxylation is 2. The maximum Gasteiger partial charge on any atom is 0.165 e. The van der Waals surface area contributed by atoms with Crippen molar-refractivity contribution >= 4 is 0 Å². The smallest absolute Gasteiger partial charge is 0.165 e. The van der Waals surface area contributed by atoms with Crippen LogP contribution in [0.5, 0.6) is 5.75 Å². The number of ether oxygens (including phenoxy) is 1. The van der Waals surface area contributed by atoms with Gasteiger partial charge in [-0.05, 0) is 24.1 Å². The van der Waals surface area contributed by atoms with Crippen molar-refractivity contribution in [3.63, 3.8) is 0 Å². The summed E-state index contributed by atoms with van der Waals surface area (Å²) in [6, 6.07) is 4.73. The summed E-state index contributed by atoms with van der Waals surface area (Å²) in [6.45, 7) is 0. The van der Waals surface area contributed by atoms with Crippen LogP contribution in [0, 0.1) is 5.82 Å². The molecule has 0 aliphatic rings. The van der Waals surface area contributed by atoms with Crippen molar-refractivity contribution in [3.8, 4) is 5.75 Å². The van der Waals surface area contributed by atoms with Gasteiger partial charge in [-0.25, -0.2) is 9.37 Å². The summed E-state index contributed by atoms with van der Waals surface area (Å²) in [4.78, 5) is 4.26. The van der Waals surface area contributed by atoms with E-state index in [0.717, 1.165) is 24.2 Å². The van der Waals surface area contributed by atoms with Crippen LogP contribution in [0.25, 0.3) is 0 Å². The molecule has 0 saturated heterocycles. The summed E-state index contributed by atoms with van der Waals surface area (Å²) in [5.74, 6) is 6.39. The first kappa shape index (κ1) is 14.5. The van der Waals surface area contributed by atoms with E-state index in [0.29, 0.717) is 0 Å². The van der Waals surface area contributed by atoms with Crippen molar-refractivity contribution in [3.05, 3.63) is 47.8 Å². The highest BCUT2D eigenvalue weighted by Crippen LogP contribution is 2.24. The summed E-state index contributed by atoms with van der Waals surface area (Å²) in [5, 5.41) is 0. The van der Waals surface area contributed by atoms with Crippen molar-refractivity contribution in [2.45, 2.75) is 18.9 Å². The number of nitrogens with zero attached hydrogens (tertiary/aromatic N) is 2. The van der Waals surface area contributed by atoms with Crippen LogP contribution in [-0.4, -0.2) is 16.7 Å². The minimum absolute atomic E-state index is 0.132. The van der Waals surface area contributed by atoms with Crippen LogP contribution in [0.4, 0.5) is 4.39 Å². The van der Waals surface area contributed by atoms with Crippen LogP contribution in [-0.2, 0) is 13.5 Å². The second kappa shape index (κ2) is 6.49. The first-order valence-electron chi connectivity index (χ1n) is 6.41. The highest BCUT2D eigenvalue weighted by atomic mass is 19.1. The fourth-order valence-electron chi connectivity index (χ4n) is 2.16. The van der Waals surface area contributed by atoms with E-state index in [1.165, 1.54) is 13.2 Å². The standard InChI is InChI=1S/C14H19FN4O/c1-19-8-7-17-14(19)6-4-12(18-16)10-3-5-13(20-2)11(15)9-10/h3,5,7-9,12,18H,4,6,16H2,1-2H3. The van der Waals surface area contributed by atoms with Crippen LogP contribution in [0.1, 0.15) is 23.9 Å². The van der Waals surface area contributed by atoms with E-state index in [9.17, 15) is 4.39 Å². The molecule has 20 heavy (non-hydrogen) atoms. The van der Waals surface area contributed by atoms with Gasteiger partial charge in [0.15, 0.2) is 11.6 Å². The molecule has 1 heterocycles. The number of aromatic nitrogens is 2. The first-order valence-corrected chi connectivity index (χ1v) is 6.41. The molecule has 0 spiro atoms. The Kier molecular flexibility index (Phi) is 4.70. The molecule has 1 atom stereocenters. The molecular weight excluding hydrogens is 259 g/mol. The minimum Gasteiger partial charge on any atom is -0.494 e. The zero-order valence-corrected chi connectivity index (χ0v) is 11.6. The molecule has 0 amide bonds. The number of benzene rings is 1. The third kappa shape index (κ3) is 3.15. The zero-order valence-electron chi connectivity index (χ0n) is 11.6. The minimum atomic E-state index is -0.387. The molecule has 2 aromatic rings. The van der Waals surface area contributed by atoms with Crippen molar-refractivity contribution < 1.29 is 9.13 Å². The van der Waals surface area contributed by atoms with Gasteiger partial charge in [0.1, 0.15) is 5.82 Å². The van der Waals surface area contributed by atoms with Crippen molar-refractivity contribution in [2.75, 3.05) is 7.11 Å². The lowest BCUT2D eigenvalue weighted by Crippen LogP contribution is -2.28. The molecule has 0 aliphatic carbocycles. The summed E-state index contributed by atoms with van der Waals surface area (Å²) in [5.41, 5.74) is 3.51. The Morgan fingerprint density at radius 2 is 2.30 bits per heavy atom. The lowest BCUT2D eigenvalue weighted by atomic mass is 10.0. The molecule has 2 rings (SSSR count). The van der Waals surface area contributed by atoms with Gasteiger partial charge in [0, 0.05) is 31.9 Å². The van der Waals surface area contributed by atoms with Crippen molar-refractivity contribution in [1.82, 2.24) is 15.0 Å². The number of hydrogen-bond acceptors (Lipinski definition) is 4. The SMILES string of the molecule is COc1ccc(C(CCc2nccn2C)NN)cc1F. The highest BCUT2D eigenvalue weighted by Gasteiger charge is 2.13. The number of hydrazine groups is 1. The third-order valence-electron chi connectivity index (χ3n) is 3.36. The summed E-state index contributed by atoms with van der Waals surface area (Å²) < 4.78 is 20.6. The van der Waals surface area contributed by atoms with E-state index < -0.39 is 0 Å². The molecule has 5 nitrogen and oxygen atoms in total. The average Bonchev–Trinajstić information content (AvgIpc) is 2.85. The molecule has 0 saturated carbocycles. The predicted octanol–water partition coefficient (Wildman–Crippen LogP) is 1.70. The number of hydrogen-bond donors (Lipinski definition) is 2. The van der Waals surface area contributed by atoms with Gasteiger partial charge in [-0.3, -0.25) is 11.3 Å². The molecule has 1 unspecified atom stereocenters. The molecule has 1 aromatic carbocycles. The molecule has 108 valence electrons. The summed E-state index contributed by atoms with van der Waals surface area (Å²) in [7, 11) is 3.39. The Balaban J connectivity index is 2.08. The Labute approximate surface area is 117 Å². The highest BCUT2D eigenvalue weighted by molar-refractivity contribution is 5.31. The third-order valence-corrected chi connectivity index (χ3v) is 3.36. The Morgan fingerprint density at radius 3 is 2.85 bits per heavy atom. The van der Waals surface area contributed by atoms with E-state index in [2.05, 4.69) is 10.4 Å². The van der Waals surface area contributed by atoms with Crippen molar-refractivity contribution in [1.29, 1.82) is 0 Å². The molecule has 1 aromatic heterocycles. The monoisotopic (exact) mass is 278 g/mol. The quantitative estimate of drug-likeness (QED) is 0.623. The summed E-state index contributed by atoms with van der Waals surface area (Å²) in [6.07, 6.45) is 5.14. The van der Waals surface area contributed by atoms with E-state index >= 15 is 0 Å². The van der Waals surface area contributed by atoms with Gasteiger partial charge in [0.2, 0.25) is 0 Å². The van der Waals surface area contributed by atoms with Crippen molar-refractivity contribution in [2.24, 2.45) is 12.9 Å². The van der Waals surface area contributed by atoms with Gasteiger partial charge in [-0.1, -0.05) is 6.07 Å². The Hall–Kier alpha value is -1.92. The molecule has 0 fully saturated rings. The lowest BCUT2D eigenvalue weighted by Gasteiger charge is -2.17. The maximum absolute atomic E-state index is 13.7. The molecule has 0 aliphatic heterocycles. The van der Waals surface area contributed by atoms with Gasteiger partial charge in [-0.15, -0.1) is 0 Å². The molecule has 0 radical (unpaired) electrons. The molecule has 0 bridgehead atoms. The van der Waals surface area contributed by atoms with Crippen LogP contribution in [0.15, 0.2) is 30.6 Å². The van der Waals surface area contributed by atoms with Crippen LogP contribution in [0.2, 0.25) is 0 Å². The van der Waals surface area contributed by atoms with Gasteiger partial charge in [0.05, 0.1) is 7.11 Å². The molecular formula is C14H19FN4O. The van der Waals surface area contributed by atoms with Crippen LogP contribution >= 0.6 is 0 Å². The van der Waals surface area contributed by atoms with E-state index in [4.69, 9.17) is 10.6 Å². The van der Waals surface area contributed by atoms with E-state index in [1.54, 1.807) is 12.3 Å². The number of halogens is 1. The lowest BCUT2D eigenvalue weighted by molar-refractivity contribution is 0.385. The normalized spacial score (nSPS) is 12.4. The molecule has 3 N–H and O–H groups in total. The number of rotatable bonds is 6. The fraction of sp³-hybridized carbons (Fsp3) is 0.357. The fourth-order valence-corrected chi connectivity index (χ4v) is 2.16. The average molecular weight is 278 g/mol. The summed E-state index contributed by atoms with van der Waals surface area (Å²) >= 11 is 0. The second-order valence-corrected chi connectivity index (χ2v) is 4.61. The van der Waals surface area contributed by atoms with E-state index in [1.807, 2.05) is 23.9 Å². The number of nitrogens with two attached hydrogens (primary N) is 1.